The smallest absolute Gasteiger partial charge is 0.149 e. The summed E-state index contributed by atoms with van der Waals surface area (Å²) in [6, 6.07) is 14.6. The second-order valence-corrected chi connectivity index (χ2v) is 9.42. The highest BCUT2D eigenvalue weighted by atomic mass is 19.1. The van der Waals surface area contributed by atoms with Crippen LogP contribution < -0.4 is 5.32 Å². The Morgan fingerprint density at radius 1 is 1.15 bits per heavy atom. The van der Waals surface area contributed by atoms with Gasteiger partial charge in [-0.1, -0.05) is 6.07 Å². The van der Waals surface area contributed by atoms with Crippen LogP contribution in [0, 0.1) is 29.0 Å². The van der Waals surface area contributed by atoms with Crippen molar-refractivity contribution in [2.75, 3.05) is 31.5 Å². The monoisotopic (exact) mass is 455 g/mol. The summed E-state index contributed by atoms with van der Waals surface area (Å²) in [5.74, 6) is 1.63. The Labute approximate surface area is 197 Å². The maximum Gasteiger partial charge on any atom is 0.149 e. The molecule has 3 fully saturated rings. The Morgan fingerprint density at radius 2 is 2.00 bits per heavy atom. The molecule has 0 radical (unpaired) electrons. The number of nitriles is 1. The van der Waals surface area contributed by atoms with Gasteiger partial charge in [0, 0.05) is 37.2 Å². The van der Waals surface area contributed by atoms with Gasteiger partial charge in [-0.2, -0.15) is 10.4 Å². The molecule has 3 aliphatic heterocycles. The molecule has 8 heteroatoms. The van der Waals surface area contributed by atoms with Crippen LogP contribution in [0.3, 0.4) is 0 Å². The number of halogens is 1. The molecule has 2 aromatic heterocycles. The van der Waals surface area contributed by atoms with E-state index in [-0.39, 0.29) is 5.56 Å². The lowest BCUT2D eigenvalue weighted by atomic mass is 9.79. The largest absolute Gasteiger partial charge is 0.368 e. The first-order valence-corrected chi connectivity index (χ1v) is 11.8. The van der Waals surface area contributed by atoms with Gasteiger partial charge in [0.15, 0.2) is 0 Å². The average molecular weight is 456 g/mol. The number of fused-ring (bicyclic) bond motifs is 4. The Morgan fingerprint density at radius 3 is 2.74 bits per heavy atom. The number of nitrogens with zero attached hydrogens (tertiary/aromatic N) is 6. The summed E-state index contributed by atoms with van der Waals surface area (Å²) in [5.41, 5.74) is 3.38. The van der Waals surface area contributed by atoms with Crippen molar-refractivity contribution in [1.82, 2.24) is 24.5 Å². The maximum atomic E-state index is 14.5. The SMILES string of the molecule is Cn1ncc2cc(-n3nc(NCC4CN5CCC4CC5)cc3-c3ccc(C#N)c(F)c3)ccc21. The van der Waals surface area contributed by atoms with Crippen LogP contribution in [0.4, 0.5) is 10.2 Å². The van der Waals surface area contributed by atoms with Crippen molar-refractivity contribution in [1.29, 1.82) is 5.26 Å². The lowest BCUT2D eigenvalue weighted by Crippen LogP contribution is -2.49. The minimum absolute atomic E-state index is 0.0345. The van der Waals surface area contributed by atoms with Crippen LogP contribution in [0.1, 0.15) is 18.4 Å². The van der Waals surface area contributed by atoms with E-state index in [1.54, 1.807) is 6.07 Å². The molecule has 2 aromatic carbocycles. The van der Waals surface area contributed by atoms with Crippen LogP contribution in [0.15, 0.2) is 48.7 Å². The van der Waals surface area contributed by atoms with Crippen molar-refractivity contribution in [3.05, 3.63) is 60.0 Å². The Hall–Kier alpha value is -3.70. The lowest BCUT2D eigenvalue weighted by Gasteiger charge is -2.44. The summed E-state index contributed by atoms with van der Waals surface area (Å²) in [5, 5.41) is 22.9. The van der Waals surface area contributed by atoms with E-state index in [0.717, 1.165) is 47.1 Å². The van der Waals surface area contributed by atoms with E-state index < -0.39 is 5.82 Å². The Balaban J connectivity index is 1.36. The molecule has 3 aliphatic rings. The number of hydrogen-bond donors (Lipinski definition) is 1. The van der Waals surface area contributed by atoms with Gasteiger partial charge in [-0.3, -0.25) is 4.68 Å². The van der Waals surface area contributed by atoms with Crippen LogP contribution >= 0.6 is 0 Å². The van der Waals surface area contributed by atoms with Gasteiger partial charge in [0.25, 0.3) is 0 Å². The second kappa shape index (κ2) is 8.26. The first-order valence-electron chi connectivity index (χ1n) is 11.8. The molecule has 7 rings (SSSR count). The van der Waals surface area contributed by atoms with Crippen molar-refractivity contribution in [3.8, 4) is 23.0 Å². The first kappa shape index (κ1) is 20.9. The molecule has 7 nitrogen and oxygen atoms in total. The van der Waals surface area contributed by atoms with Crippen molar-refractivity contribution in [2.24, 2.45) is 18.9 Å². The maximum absolute atomic E-state index is 14.5. The predicted octanol–water partition coefficient (Wildman–Crippen LogP) is 4.19. The van der Waals surface area contributed by atoms with Crippen molar-refractivity contribution < 1.29 is 4.39 Å². The molecule has 0 amide bonds. The van der Waals surface area contributed by atoms with Crippen molar-refractivity contribution >= 4 is 16.7 Å². The highest BCUT2D eigenvalue weighted by Gasteiger charge is 2.33. The molecule has 0 saturated carbocycles. The van der Waals surface area contributed by atoms with Crippen LogP contribution in [-0.2, 0) is 7.05 Å². The topological polar surface area (TPSA) is 74.7 Å². The fraction of sp³-hybridized carbons (Fsp3) is 0.346. The number of aromatic nitrogens is 4. The van der Waals surface area contributed by atoms with Gasteiger partial charge in [0.05, 0.1) is 28.7 Å². The summed E-state index contributed by atoms with van der Waals surface area (Å²) in [4.78, 5) is 2.55. The van der Waals surface area contributed by atoms with E-state index >= 15 is 0 Å². The minimum Gasteiger partial charge on any atom is -0.368 e. The van der Waals surface area contributed by atoms with E-state index in [0.29, 0.717) is 11.5 Å². The summed E-state index contributed by atoms with van der Waals surface area (Å²) in [6.07, 6.45) is 4.39. The summed E-state index contributed by atoms with van der Waals surface area (Å²) in [7, 11) is 1.91. The van der Waals surface area contributed by atoms with Gasteiger partial charge in [0.2, 0.25) is 0 Å². The molecular weight excluding hydrogens is 429 g/mol. The average Bonchev–Trinajstić information content (AvgIpc) is 3.47. The number of nitrogens with one attached hydrogen (secondary N) is 1. The molecule has 0 spiro atoms. The molecule has 34 heavy (non-hydrogen) atoms. The second-order valence-electron chi connectivity index (χ2n) is 9.42. The third-order valence-electron chi connectivity index (χ3n) is 7.41. The fourth-order valence-electron chi connectivity index (χ4n) is 5.47. The quantitative estimate of drug-likeness (QED) is 0.488. The van der Waals surface area contributed by atoms with Crippen LogP contribution in [0.25, 0.3) is 27.8 Å². The highest BCUT2D eigenvalue weighted by Crippen LogP contribution is 2.33. The zero-order chi connectivity index (χ0) is 23.2. The number of aryl methyl sites for hydroxylation is 1. The predicted molar refractivity (Wildman–Crippen MR) is 129 cm³/mol. The van der Waals surface area contributed by atoms with Gasteiger partial charge in [-0.15, -0.1) is 5.10 Å². The number of benzene rings is 2. The van der Waals surface area contributed by atoms with E-state index in [1.807, 2.05) is 52.9 Å². The minimum atomic E-state index is -0.530. The van der Waals surface area contributed by atoms with Gasteiger partial charge in [-0.05, 0) is 68.1 Å². The van der Waals surface area contributed by atoms with E-state index in [9.17, 15) is 4.39 Å². The third kappa shape index (κ3) is 3.62. The number of hydrogen-bond acceptors (Lipinski definition) is 5. The molecule has 1 N–H and O–H groups in total. The number of rotatable bonds is 5. The molecule has 2 bridgehead atoms. The first-order chi connectivity index (χ1) is 16.6. The van der Waals surface area contributed by atoms with E-state index in [1.165, 1.54) is 38.1 Å². The molecule has 1 atom stereocenters. The van der Waals surface area contributed by atoms with Gasteiger partial charge >= 0.3 is 0 Å². The molecule has 5 heterocycles. The summed E-state index contributed by atoms with van der Waals surface area (Å²) < 4.78 is 18.2. The fourth-order valence-corrected chi connectivity index (χ4v) is 5.47. The normalized spacial score (nSPS) is 21.6. The van der Waals surface area contributed by atoms with Crippen molar-refractivity contribution in [3.63, 3.8) is 0 Å². The molecule has 0 aliphatic carbocycles. The van der Waals surface area contributed by atoms with Crippen molar-refractivity contribution in [2.45, 2.75) is 12.8 Å². The highest BCUT2D eigenvalue weighted by molar-refractivity contribution is 5.81. The van der Waals surface area contributed by atoms with Gasteiger partial charge in [0.1, 0.15) is 17.7 Å². The van der Waals surface area contributed by atoms with Crippen LogP contribution in [-0.4, -0.2) is 50.6 Å². The molecular formula is C26H26FN7. The summed E-state index contributed by atoms with van der Waals surface area (Å²) >= 11 is 0. The van der Waals surface area contributed by atoms with Gasteiger partial charge < -0.3 is 10.2 Å². The molecule has 3 saturated heterocycles. The standard InChI is InChI=1S/C26H26FN7/c1-32-24-5-4-22(10-20(24)15-30-32)34-25(18-2-3-19(13-28)23(27)11-18)12-26(31-34)29-14-21-16-33-8-6-17(21)7-9-33/h2-5,10-12,15,17,21H,6-9,14,16H2,1H3,(H,29,31). The van der Waals surface area contributed by atoms with Crippen LogP contribution in [0.5, 0.6) is 0 Å². The molecule has 1 unspecified atom stereocenters. The third-order valence-corrected chi connectivity index (χ3v) is 7.41. The zero-order valence-electron chi connectivity index (χ0n) is 19.1. The van der Waals surface area contributed by atoms with E-state index in [2.05, 4.69) is 15.3 Å². The Bertz CT molecular complexity index is 1400. The number of anilines is 1. The van der Waals surface area contributed by atoms with Crippen LogP contribution in [0.2, 0.25) is 0 Å². The molecule has 4 aromatic rings. The number of piperidine rings is 3. The summed E-state index contributed by atoms with van der Waals surface area (Å²) in [6.45, 7) is 4.47. The van der Waals surface area contributed by atoms with Gasteiger partial charge in [-0.25, -0.2) is 9.07 Å². The zero-order valence-corrected chi connectivity index (χ0v) is 19.1. The molecule has 172 valence electrons. The lowest BCUT2D eigenvalue weighted by molar-refractivity contribution is 0.0574. The Kier molecular flexibility index (Phi) is 5.07. The van der Waals surface area contributed by atoms with E-state index in [4.69, 9.17) is 10.4 Å².